The molecule has 192 valence electrons. The molecule has 0 radical (unpaired) electrons. The quantitative estimate of drug-likeness (QED) is 0.374. The van der Waals surface area contributed by atoms with Crippen LogP contribution in [0.3, 0.4) is 0 Å². The van der Waals surface area contributed by atoms with E-state index in [1.807, 2.05) is 6.92 Å². The van der Waals surface area contributed by atoms with Crippen molar-refractivity contribution in [1.29, 1.82) is 0 Å². The zero-order valence-electron chi connectivity index (χ0n) is 19.8. The van der Waals surface area contributed by atoms with Gasteiger partial charge < -0.3 is 10.1 Å². The van der Waals surface area contributed by atoms with E-state index in [1.54, 1.807) is 0 Å². The van der Waals surface area contributed by atoms with Crippen LogP contribution >= 0.6 is 0 Å². The van der Waals surface area contributed by atoms with E-state index < -0.39 is 12.1 Å². The molecule has 6 unspecified atom stereocenters. The molecule has 4 fully saturated rings. The zero-order valence-corrected chi connectivity index (χ0v) is 19.8. The van der Waals surface area contributed by atoms with Crippen molar-refractivity contribution in [2.45, 2.75) is 89.1 Å². The Kier molecular flexibility index (Phi) is 9.25. The molecule has 6 atom stereocenters. The molecule has 4 rings (SSSR count). The molecule has 11 heteroatoms. The van der Waals surface area contributed by atoms with Gasteiger partial charge in [0.2, 0.25) is 0 Å². The van der Waals surface area contributed by atoms with Crippen molar-refractivity contribution in [1.82, 2.24) is 36.4 Å². The smallest absolute Gasteiger partial charge is 0.350 e. The predicted molar refractivity (Wildman–Crippen MR) is 121 cm³/mol. The molecule has 0 aromatic carbocycles. The highest BCUT2D eigenvalue weighted by Gasteiger charge is 2.43. The molecule has 33 heavy (non-hydrogen) atoms. The third-order valence-corrected chi connectivity index (χ3v) is 7.49. The van der Waals surface area contributed by atoms with Crippen molar-refractivity contribution >= 4 is 0 Å². The Morgan fingerprint density at radius 2 is 1.79 bits per heavy atom. The van der Waals surface area contributed by atoms with Gasteiger partial charge in [-0.15, -0.1) is 0 Å². The monoisotopic (exact) mass is 477 g/mol. The fourth-order valence-corrected chi connectivity index (χ4v) is 5.64. The molecule has 0 aromatic rings. The fraction of sp³-hybridized carbons (Fsp3) is 1.00. The van der Waals surface area contributed by atoms with Crippen LogP contribution in [0.5, 0.6) is 0 Å². The third-order valence-electron chi connectivity index (χ3n) is 7.49. The highest BCUT2D eigenvalue weighted by atomic mass is 19.4. The van der Waals surface area contributed by atoms with Gasteiger partial charge in [0.25, 0.3) is 0 Å². The Morgan fingerprint density at radius 3 is 2.48 bits per heavy atom. The summed E-state index contributed by atoms with van der Waals surface area (Å²) in [5, 5.41) is 17.3. The van der Waals surface area contributed by atoms with Crippen LogP contribution in [-0.2, 0) is 4.74 Å². The van der Waals surface area contributed by atoms with Crippen molar-refractivity contribution in [3.05, 3.63) is 0 Å². The molecule has 3 heterocycles. The van der Waals surface area contributed by atoms with E-state index in [0.717, 1.165) is 45.7 Å². The number of rotatable bonds is 7. The first-order valence-corrected chi connectivity index (χ1v) is 12.8. The van der Waals surface area contributed by atoms with Crippen molar-refractivity contribution in [3.8, 4) is 0 Å². The van der Waals surface area contributed by atoms with Gasteiger partial charge in [-0.2, -0.15) is 13.2 Å². The first-order chi connectivity index (χ1) is 15.9. The van der Waals surface area contributed by atoms with E-state index in [0.29, 0.717) is 19.1 Å². The SMILES string of the molecule is CCOC1NC(NC2CCCC(C(F)(F)F)C2)NC(N2CCN(CC3CCCCN3)CC2)N1. The average Bonchev–Trinajstić information content (AvgIpc) is 2.80. The summed E-state index contributed by atoms with van der Waals surface area (Å²) in [6, 6.07) is 0.434. The Bertz CT molecular complexity index is 585. The van der Waals surface area contributed by atoms with Gasteiger partial charge in [-0.25, -0.2) is 0 Å². The molecule has 1 aliphatic carbocycles. The van der Waals surface area contributed by atoms with Crippen LogP contribution in [0.2, 0.25) is 0 Å². The van der Waals surface area contributed by atoms with Gasteiger partial charge in [-0.1, -0.05) is 12.8 Å². The number of nitrogens with one attached hydrogen (secondary N) is 5. The molecule has 0 aromatic heterocycles. The van der Waals surface area contributed by atoms with Gasteiger partial charge in [0.1, 0.15) is 12.6 Å². The number of nitrogens with zero attached hydrogens (tertiary/aromatic N) is 2. The minimum absolute atomic E-state index is 0.0998. The molecule has 0 bridgehead atoms. The molecule has 3 aliphatic heterocycles. The van der Waals surface area contributed by atoms with Crippen molar-refractivity contribution < 1.29 is 17.9 Å². The molecule has 0 spiro atoms. The maximum atomic E-state index is 13.2. The second-order valence-electron chi connectivity index (χ2n) is 9.92. The molecule has 5 N–H and O–H groups in total. The van der Waals surface area contributed by atoms with E-state index in [1.165, 1.54) is 19.3 Å². The van der Waals surface area contributed by atoms with E-state index in [9.17, 15) is 13.2 Å². The van der Waals surface area contributed by atoms with Crippen LogP contribution in [0, 0.1) is 5.92 Å². The van der Waals surface area contributed by atoms with E-state index in [-0.39, 0.29) is 37.8 Å². The minimum Gasteiger partial charge on any atom is -0.350 e. The number of piperidine rings is 1. The summed E-state index contributed by atoms with van der Waals surface area (Å²) < 4.78 is 45.5. The summed E-state index contributed by atoms with van der Waals surface area (Å²) >= 11 is 0. The largest absolute Gasteiger partial charge is 0.391 e. The van der Waals surface area contributed by atoms with Crippen molar-refractivity contribution in [3.63, 3.8) is 0 Å². The van der Waals surface area contributed by atoms with E-state index in [4.69, 9.17) is 4.74 Å². The summed E-state index contributed by atoms with van der Waals surface area (Å²) in [6.45, 7) is 8.62. The molecular formula is C22H42F3N7O. The molecule has 1 saturated carbocycles. The van der Waals surface area contributed by atoms with Crippen LogP contribution in [-0.4, -0.2) is 92.9 Å². The third kappa shape index (κ3) is 7.47. The van der Waals surface area contributed by atoms with Crippen LogP contribution in [0.4, 0.5) is 13.2 Å². The standard InChI is InChI=1S/C22H42F3N7O/c1-2-33-21-29-19(27-17-8-5-6-16(14-17)22(23,24)25)28-20(30-21)32-12-10-31(11-13-32)15-18-7-3-4-9-26-18/h16-21,26-30H,2-15H2,1H3. The molecule has 0 amide bonds. The van der Waals surface area contributed by atoms with Gasteiger partial charge in [0.15, 0.2) is 6.35 Å². The minimum atomic E-state index is -4.11. The summed E-state index contributed by atoms with van der Waals surface area (Å²) in [4.78, 5) is 4.90. The van der Waals surface area contributed by atoms with Gasteiger partial charge >= 0.3 is 6.18 Å². The lowest BCUT2D eigenvalue weighted by Gasteiger charge is -2.47. The lowest BCUT2D eigenvalue weighted by atomic mass is 9.85. The van der Waals surface area contributed by atoms with Crippen LogP contribution in [0.15, 0.2) is 0 Å². The summed E-state index contributed by atoms with van der Waals surface area (Å²) in [7, 11) is 0. The normalized spacial score (nSPS) is 37.8. The van der Waals surface area contributed by atoms with Gasteiger partial charge in [-0.05, 0) is 45.6 Å². The van der Waals surface area contributed by atoms with Gasteiger partial charge in [0, 0.05) is 51.4 Å². The number of ether oxygens (including phenoxy) is 1. The highest BCUT2D eigenvalue weighted by molar-refractivity contribution is 4.88. The number of halogens is 3. The Labute approximate surface area is 195 Å². The zero-order chi connectivity index (χ0) is 23.3. The molecule has 8 nitrogen and oxygen atoms in total. The Hall–Kier alpha value is -0.530. The Balaban J connectivity index is 1.28. The van der Waals surface area contributed by atoms with E-state index in [2.05, 4.69) is 36.4 Å². The van der Waals surface area contributed by atoms with Crippen LogP contribution in [0.25, 0.3) is 0 Å². The highest BCUT2D eigenvalue weighted by Crippen LogP contribution is 2.37. The molecular weight excluding hydrogens is 435 g/mol. The second-order valence-corrected chi connectivity index (χ2v) is 9.92. The number of hydrogen-bond acceptors (Lipinski definition) is 8. The predicted octanol–water partition coefficient (Wildman–Crippen LogP) is 1.13. The maximum absolute atomic E-state index is 13.2. The van der Waals surface area contributed by atoms with Crippen molar-refractivity contribution in [2.24, 2.45) is 5.92 Å². The summed E-state index contributed by atoms with van der Waals surface area (Å²) in [5.41, 5.74) is 0. The number of piperazine rings is 1. The van der Waals surface area contributed by atoms with Gasteiger partial charge in [-0.3, -0.25) is 31.1 Å². The van der Waals surface area contributed by atoms with Gasteiger partial charge in [0.05, 0.1) is 5.92 Å². The Morgan fingerprint density at radius 1 is 0.970 bits per heavy atom. The average molecular weight is 478 g/mol. The molecule has 3 saturated heterocycles. The maximum Gasteiger partial charge on any atom is 0.391 e. The first kappa shape index (κ1) is 25.6. The topological polar surface area (TPSA) is 75.9 Å². The lowest BCUT2D eigenvalue weighted by Crippen LogP contribution is -2.77. The lowest BCUT2D eigenvalue weighted by molar-refractivity contribution is -0.184. The summed E-state index contributed by atoms with van der Waals surface area (Å²) in [5.74, 6) is -1.21. The molecule has 4 aliphatic rings. The van der Waals surface area contributed by atoms with Crippen LogP contribution < -0.4 is 26.6 Å². The van der Waals surface area contributed by atoms with Crippen molar-refractivity contribution in [2.75, 3.05) is 45.9 Å². The number of alkyl halides is 3. The summed E-state index contributed by atoms with van der Waals surface area (Å²) in [6.07, 6.45) is 0.714. The fourth-order valence-electron chi connectivity index (χ4n) is 5.64. The van der Waals surface area contributed by atoms with Crippen LogP contribution in [0.1, 0.15) is 51.9 Å². The number of hydrogen-bond donors (Lipinski definition) is 5. The first-order valence-electron chi connectivity index (χ1n) is 12.8. The second kappa shape index (κ2) is 11.9. The van der Waals surface area contributed by atoms with E-state index >= 15 is 0 Å².